The first-order valence-corrected chi connectivity index (χ1v) is 11.6. The molecule has 0 aliphatic carbocycles. The molecule has 4 aromatic rings. The molecule has 0 aliphatic rings. The fourth-order valence-electron chi connectivity index (χ4n) is 3.33. The molecule has 172 valence electrons. The predicted molar refractivity (Wildman–Crippen MR) is 129 cm³/mol. The molecule has 3 N–H and O–H groups in total. The number of nitrogens with zero attached hydrogens (tertiary/aromatic N) is 7. The van der Waals surface area contributed by atoms with Crippen molar-refractivity contribution >= 4 is 41.0 Å². The number of benzene rings is 1. The van der Waals surface area contributed by atoms with Gasteiger partial charge in [-0.1, -0.05) is 17.8 Å². The van der Waals surface area contributed by atoms with Crippen molar-refractivity contribution in [2.24, 2.45) is 0 Å². The molecule has 4 rings (SSSR count). The summed E-state index contributed by atoms with van der Waals surface area (Å²) in [7, 11) is 0. The van der Waals surface area contributed by atoms with Crippen molar-refractivity contribution in [3.05, 3.63) is 41.7 Å². The molecule has 12 heteroatoms. The van der Waals surface area contributed by atoms with Gasteiger partial charge < -0.3 is 16.0 Å². The van der Waals surface area contributed by atoms with Crippen LogP contribution in [0.1, 0.15) is 25.2 Å². The minimum atomic E-state index is -0.155. The molecule has 0 fully saturated rings. The number of aromatic nitrogens is 7. The molecule has 0 unspecified atom stereocenters. The van der Waals surface area contributed by atoms with Crippen LogP contribution in [0.3, 0.4) is 0 Å². The van der Waals surface area contributed by atoms with Gasteiger partial charge >= 0.3 is 0 Å². The van der Waals surface area contributed by atoms with E-state index in [0.29, 0.717) is 41.6 Å². The number of carbonyl (C=O) groups is 1. The molecule has 0 radical (unpaired) electrons. The summed E-state index contributed by atoms with van der Waals surface area (Å²) < 4.78 is 3.57. The lowest BCUT2D eigenvalue weighted by atomic mass is 10.2. The van der Waals surface area contributed by atoms with Gasteiger partial charge in [-0.15, -0.1) is 10.2 Å². The van der Waals surface area contributed by atoms with Crippen LogP contribution in [0.5, 0.6) is 0 Å². The average molecular weight is 467 g/mol. The normalized spacial score (nSPS) is 11.0. The SMILES string of the molecule is CCNc1nc(NCC)n2c(SCC(=O)Nc3cccc(-n4nc(C)cc4C)c3)nnc2n1. The van der Waals surface area contributed by atoms with Gasteiger partial charge in [0.1, 0.15) is 0 Å². The number of carbonyl (C=O) groups excluding carboxylic acids is 1. The zero-order valence-electron chi connectivity index (χ0n) is 19.0. The summed E-state index contributed by atoms with van der Waals surface area (Å²) in [4.78, 5) is 21.5. The molecule has 1 aromatic carbocycles. The first-order chi connectivity index (χ1) is 16.0. The van der Waals surface area contributed by atoms with Gasteiger partial charge in [-0.3, -0.25) is 4.79 Å². The third-order valence-corrected chi connectivity index (χ3v) is 5.56. The summed E-state index contributed by atoms with van der Waals surface area (Å²) in [5, 5.41) is 22.6. The van der Waals surface area contributed by atoms with Gasteiger partial charge in [0, 0.05) is 24.5 Å². The largest absolute Gasteiger partial charge is 0.355 e. The molecule has 33 heavy (non-hydrogen) atoms. The van der Waals surface area contributed by atoms with Crippen molar-refractivity contribution < 1.29 is 4.79 Å². The highest BCUT2D eigenvalue weighted by Gasteiger charge is 2.16. The minimum absolute atomic E-state index is 0.155. The van der Waals surface area contributed by atoms with E-state index in [-0.39, 0.29) is 11.7 Å². The number of aryl methyl sites for hydroxylation is 2. The number of anilines is 3. The molecule has 0 aliphatic heterocycles. The number of hydrogen-bond acceptors (Lipinski definition) is 9. The van der Waals surface area contributed by atoms with E-state index < -0.39 is 0 Å². The van der Waals surface area contributed by atoms with Crippen LogP contribution in [0.2, 0.25) is 0 Å². The Morgan fingerprint density at radius 1 is 1.06 bits per heavy atom. The van der Waals surface area contributed by atoms with Crippen molar-refractivity contribution in [2.75, 3.05) is 34.8 Å². The second-order valence-corrected chi connectivity index (χ2v) is 8.22. The van der Waals surface area contributed by atoms with E-state index in [1.165, 1.54) is 11.8 Å². The Bertz CT molecular complexity index is 1280. The van der Waals surface area contributed by atoms with Gasteiger partial charge in [0.25, 0.3) is 5.78 Å². The van der Waals surface area contributed by atoms with Crippen LogP contribution >= 0.6 is 11.8 Å². The van der Waals surface area contributed by atoms with Gasteiger partial charge in [-0.05, 0) is 52.0 Å². The van der Waals surface area contributed by atoms with Crippen molar-refractivity contribution in [1.29, 1.82) is 0 Å². The van der Waals surface area contributed by atoms with Crippen LogP contribution in [0.25, 0.3) is 11.5 Å². The molecular weight excluding hydrogens is 440 g/mol. The maximum Gasteiger partial charge on any atom is 0.261 e. The Kier molecular flexibility index (Phi) is 6.73. The summed E-state index contributed by atoms with van der Waals surface area (Å²) in [5.41, 5.74) is 3.56. The molecule has 0 saturated heterocycles. The van der Waals surface area contributed by atoms with Crippen LogP contribution in [0, 0.1) is 13.8 Å². The zero-order valence-corrected chi connectivity index (χ0v) is 19.8. The lowest BCUT2D eigenvalue weighted by molar-refractivity contribution is -0.113. The van der Waals surface area contributed by atoms with Crippen LogP contribution in [0.4, 0.5) is 17.6 Å². The summed E-state index contributed by atoms with van der Waals surface area (Å²) >= 11 is 1.27. The molecule has 1 amide bonds. The fourth-order valence-corrected chi connectivity index (χ4v) is 4.06. The Balaban J connectivity index is 1.47. The van der Waals surface area contributed by atoms with Crippen molar-refractivity contribution in [2.45, 2.75) is 32.9 Å². The molecule has 3 aromatic heterocycles. The molecule has 0 atom stereocenters. The van der Waals surface area contributed by atoms with E-state index in [1.54, 1.807) is 4.40 Å². The van der Waals surface area contributed by atoms with E-state index in [0.717, 1.165) is 17.1 Å². The number of thioether (sulfide) groups is 1. The smallest absolute Gasteiger partial charge is 0.261 e. The van der Waals surface area contributed by atoms with Crippen LogP contribution < -0.4 is 16.0 Å². The summed E-state index contributed by atoms with van der Waals surface area (Å²) in [6, 6.07) is 9.60. The van der Waals surface area contributed by atoms with Gasteiger partial charge in [-0.25, -0.2) is 9.08 Å². The molecule has 3 heterocycles. The van der Waals surface area contributed by atoms with Gasteiger partial charge in [-0.2, -0.15) is 15.1 Å². The van der Waals surface area contributed by atoms with Gasteiger partial charge in [0.05, 0.1) is 17.1 Å². The number of amides is 1. The monoisotopic (exact) mass is 466 g/mol. The molecule has 0 spiro atoms. The van der Waals surface area contributed by atoms with Gasteiger partial charge in [0.15, 0.2) is 5.16 Å². The first kappa shape index (κ1) is 22.5. The third kappa shape index (κ3) is 5.06. The molecular formula is C21H26N10OS. The van der Waals surface area contributed by atoms with E-state index >= 15 is 0 Å². The maximum atomic E-state index is 12.6. The van der Waals surface area contributed by atoms with E-state index in [1.807, 2.05) is 62.7 Å². The molecule has 0 saturated carbocycles. The zero-order chi connectivity index (χ0) is 23.4. The van der Waals surface area contributed by atoms with Crippen molar-refractivity contribution in [3.8, 4) is 5.69 Å². The average Bonchev–Trinajstić information content (AvgIpc) is 3.35. The summed E-state index contributed by atoms with van der Waals surface area (Å²) in [5.74, 6) is 1.47. The van der Waals surface area contributed by atoms with Crippen molar-refractivity contribution in [3.63, 3.8) is 0 Å². The standard InChI is InChI=1S/C21H26N10OS/c1-5-22-18-25-19(23-6-2)30-20(26-18)27-28-21(30)33-12-17(32)24-15-8-7-9-16(11-15)31-14(4)10-13(3)29-31/h7-11H,5-6,12H2,1-4H3,(H,24,32)(H2,22,23,25,26,27). The minimum Gasteiger partial charge on any atom is -0.355 e. The molecule has 0 bridgehead atoms. The Hall–Kier alpha value is -3.67. The van der Waals surface area contributed by atoms with Crippen LogP contribution in [-0.4, -0.2) is 59.1 Å². The second kappa shape index (κ2) is 9.86. The number of fused-ring (bicyclic) bond motifs is 1. The van der Waals surface area contributed by atoms with Crippen LogP contribution in [-0.2, 0) is 4.79 Å². The highest BCUT2D eigenvalue weighted by Crippen LogP contribution is 2.22. The van der Waals surface area contributed by atoms with E-state index in [2.05, 4.69) is 41.2 Å². The highest BCUT2D eigenvalue weighted by atomic mass is 32.2. The summed E-state index contributed by atoms with van der Waals surface area (Å²) in [6.07, 6.45) is 0. The van der Waals surface area contributed by atoms with E-state index in [9.17, 15) is 4.79 Å². The number of nitrogens with one attached hydrogen (secondary N) is 3. The Labute approximate surface area is 195 Å². The second-order valence-electron chi connectivity index (χ2n) is 7.28. The van der Waals surface area contributed by atoms with Crippen molar-refractivity contribution in [1.82, 2.24) is 34.3 Å². The van der Waals surface area contributed by atoms with Crippen LogP contribution in [0.15, 0.2) is 35.5 Å². The van der Waals surface area contributed by atoms with E-state index in [4.69, 9.17) is 0 Å². The Morgan fingerprint density at radius 3 is 2.61 bits per heavy atom. The topological polar surface area (TPSA) is 127 Å². The predicted octanol–water partition coefficient (Wildman–Crippen LogP) is 2.92. The maximum absolute atomic E-state index is 12.6. The quantitative estimate of drug-likeness (QED) is 0.319. The third-order valence-electron chi connectivity index (χ3n) is 4.63. The lowest BCUT2D eigenvalue weighted by Crippen LogP contribution is -2.15. The number of rotatable bonds is 9. The molecule has 11 nitrogen and oxygen atoms in total. The highest BCUT2D eigenvalue weighted by molar-refractivity contribution is 7.99. The lowest BCUT2D eigenvalue weighted by Gasteiger charge is -2.10. The Morgan fingerprint density at radius 2 is 1.88 bits per heavy atom. The summed E-state index contributed by atoms with van der Waals surface area (Å²) in [6.45, 7) is 9.26. The van der Waals surface area contributed by atoms with Gasteiger partial charge in [0.2, 0.25) is 17.8 Å². The first-order valence-electron chi connectivity index (χ1n) is 10.7. The fraction of sp³-hybridized carbons (Fsp3) is 0.333. The number of hydrogen-bond donors (Lipinski definition) is 3.